The highest BCUT2D eigenvalue weighted by Gasteiger charge is 2.48. The molecule has 9 heteroatoms. The molecule has 1 aromatic carbocycles. The Kier molecular flexibility index (Phi) is 5.92. The lowest BCUT2D eigenvalue weighted by Gasteiger charge is -2.28. The first-order valence-corrected chi connectivity index (χ1v) is 14.1. The van der Waals surface area contributed by atoms with E-state index in [2.05, 4.69) is 22.2 Å². The number of aryl methyl sites for hydroxylation is 2. The van der Waals surface area contributed by atoms with E-state index in [1.54, 1.807) is 11.3 Å². The van der Waals surface area contributed by atoms with E-state index in [1.807, 2.05) is 65.1 Å². The van der Waals surface area contributed by atoms with Crippen LogP contribution in [-0.2, 0) is 0 Å². The van der Waals surface area contributed by atoms with Crippen molar-refractivity contribution in [1.82, 2.24) is 24.6 Å². The summed E-state index contributed by atoms with van der Waals surface area (Å²) in [6.45, 7) is 7.26. The van der Waals surface area contributed by atoms with Gasteiger partial charge in [0, 0.05) is 24.7 Å². The molecule has 36 heavy (non-hydrogen) atoms. The summed E-state index contributed by atoms with van der Waals surface area (Å²) >= 11 is 3.07. The topological polar surface area (TPSA) is 79.6 Å². The summed E-state index contributed by atoms with van der Waals surface area (Å²) in [6.07, 6.45) is 4.08. The molecule has 6 rings (SSSR count). The van der Waals surface area contributed by atoms with Gasteiger partial charge in [-0.25, -0.2) is 9.97 Å². The van der Waals surface area contributed by atoms with Gasteiger partial charge < -0.3 is 10.2 Å². The molecular formula is C27H29N5O2S2. The van der Waals surface area contributed by atoms with Gasteiger partial charge in [0.25, 0.3) is 11.8 Å². The molecular weight excluding hydrogens is 490 g/mol. The lowest BCUT2D eigenvalue weighted by Crippen LogP contribution is -2.46. The molecule has 3 aromatic heterocycles. The molecule has 1 saturated carbocycles. The fourth-order valence-corrected chi connectivity index (χ4v) is 7.86. The lowest BCUT2D eigenvalue weighted by molar-refractivity contribution is 0.0692. The van der Waals surface area contributed by atoms with Gasteiger partial charge in [-0.05, 0) is 50.0 Å². The number of amides is 2. The molecule has 2 amide bonds. The number of nitrogens with one attached hydrogen (secondary N) is 1. The van der Waals surface area contributed by atoms with Crippen molar-refractivity contribution in [3.8, 4) is 10.4 Å². The zero-order chi connectivity index (χ0) is 25.0. The average Bonchev–Trinajstić information content (AvgIpc) is 3.65. The largest absolute Gasteiger partial charge is 0.349 e. The molecule has 7 nitrogen and oxygen atoms in total. The van der Waals surface area contributed by atoms with Gasteiger partial charge in [-0.3, -0.25) is 14.0 Å². The van der Waals surface area contributed by atoms with E-state index in [1.165, 1.54) is 11.3 Å². The number of carbonyl (C=O) groups is 2. The summed E-state index contributed by atoms with van der Waals surface area (Å²) in [5, 5.41) is 5.97. The molecule has 1 aliphatic carbocycles. The highest BCUT2D eigenvalue weighted by molar-refractivity contribution is 7.15. The van der Waals surface area contributed by atoms with Crippen molar-refractivity contribution < 1.29 is 9.59 Å². The summed E-state index contributed by atoms with van der Waals surface area (Å²) in [4.78, 5) is 40.2. The number of aromatic nitrogens is 3. The molecule has 0 spiro atoms. The Bertz CT molecular complexity index is 1440. The van der Waals surface area contributed by atoms with E-state index in [0.717, 1.165) is 45.5 Å². The third-order valence-corrected chi connectivity index (χ3v) is 9.44. The first kappa shape index (κ1) is 23.4. The maximum atomic E-state index is 14.0. The van der Waals surface area contributed by atoms with Gasteiger partial charge in [0.15, 0.2) is 4.96 Å². The predicted molar refractivity (Wildman–Crippen MR) is 143 cm³/mol. The minimum atomic E-state index is -0.144. The number of thiazole rings is 2. The second kappa shape index (κ2) is 9.12. The van der Waals surface area contributed by atoms with Crippen LogP contribution in [0.5, 0.6) is 0 Å². The van der Waals surface area contributed by atoms with E-state index >= 15 is 0 Å². The molecule has 1 aliphatic heterocycles. The van der Waals surface area contributed by atoms with Crippen LogP contribution in [-0.4, -0.2) is 50.2 Å². The maximum absolute atomic E-state index is 14.0. The van der Waals surface area contributed by atoms with E-state index in [4.69, 9.17) is 0 Å². The van der Waals surface area contributed by atoms with Crippen LogP contribution in [0.2, 0.25) is 0 Å². The van der Waals surface area contributed by atoms with Crippen molar-refractivity contribution in [3.05, 3.63) is 64.0 Å². The summed E-state index contributed by atoms with van der Waals surface area (Å²) in [6, 6.07) is 9.96. The minimum absolute atomic E-state index is 0.0275. The third-order valence-electron chi connectivity index (χ3n) is 7.67. The summed E-state index contributed by atoms with van der Waals surface area (Å²) in [5.74, 6) is 1.32. The third kappa shape index (κ3) is 3.94. The van der Waals surface area contributed by atoms with Crippen molar-refractivity contribution >= 4 is 39.4 Å². The van der Waals surface area contributed by atoms with Crippen LogP contribution in [0.3, 0.4) is 0 Å². The van der Waals surface area contributed by atoms with Gasteiger partial charge >= 0.3 is 0 Å². The van der Waals surface area contributed by atoms with Crippen molar-refractivity contribution in [2.24, 2.45) is 17.8 Å². The maximum Gasteiger partial charge on any atom is 0.274 e. The molecule has 1 saturated heterocycles. The molecule has 4 heterocycles. The van der Waals surface area contributed by atoms with E-state index in [0.29, 0.717) is 35.7 Å². The first-order chi connectivity index (χ1) is 17.4. The van der Waals surface area contributed by atoms with Crippen molar-refractivity contribution in [3.63, 3.8) is 0 Å². The molecule has 0 bridgehead atoms. The minimum Gasteiger partial charge on any atom is -0.349 e. The molecule has 4 aromatic rings. The van der Waals surface area contributed by atoms with Crippen LogP contribution >= 0.6 is 22.7 Å². The van der Waals surface area contributed by atoms with Gasteiger partial charge in [-0.2, -0.15) is 0 Å². The summed E-state index contributed by atoms with van der Waals surface area (Å²) < 4.78 is 1.84. The summed E-state index contributed by atoms with van der Waals surface area (Å²) in [5.41, 5.74) is 2.83. The molecule has 0 radical (unpaired) electrons. The van der Waals surface area contributed by atoms with Gasteiger partial charge in [-0.1, -0.05) is 37.3 Å². The normalized spacial score (nSPS) is 23.4. The zero-order valence-electron chi connectivity index (χ0n) is 20.6. The quantitative estimate of drug-likeness (QED) is 0.400. The fraction of sp³-hybridized carbons (Fsp3) is 0.407. The number of hydrogen-bond acceptors (Lipinski definition) is 6. The van der Waals surface area contributed by atoms with Crippen LogP contribution in [0, 0.1) is 31.6 Å². The van der Waals surface area contributed by atoms with Crippen molar-refractivity contribution in [1.29, 1.82) is 0 Å². The predicted octanol–water partition coefficient (Wildman–Crippen LogP) is 5.05. The standard InChI is InChI=1S/C27H29N5O2S2/c1-15-11-19-14-32(26(34)22-24(36-17(3)30-22)18-7-5-4-6-8-18)21(20(19)12-15)13-28-25(33)23-16(2)29-27-31(23)9-10-35-27/h4-10,15,19-21H,11-14H2,1-3H3,(H,28,33)/t15?,19-,20-,21+/m0/s1. The molecule has 2 fully saturated rings. The lowest BCUT2D eigenvalue weighted by atomic mass is 9.93. The zero-order valence-corrected chi connectivity index (χ0v) is 22.2. The van der Waals surface area contributed by atoms with Gasteiger partial charge in [0.1, 0.15) is 11.4 Å². The number of rotatable bonds is 5. The Morgan fingerprint density at radius 1 is 1.14 bits per heavy atom. The Morgan fingerprint density at radius 3 is 2.75 bits per heavy atom. The number of nitrogens with zero attached hydrogens (tertiary/aromatic N) is 4. The van der Waals surface area contributed by atoms with Gasteiger partial charge in [0.05, 0.1) is 21.6 Å². The highest BCUT2D eigenvalue weighted by Crippen LogP contribution is 2.45. The SMILES string of the molecule is Cc1nc(C(=O)N2C[C@@H]3CC(C)C[C@@H]3[C@H]2CNC(=O)c2c(C)nc3sccn23)c(-c2ccccc2)s1. The van der Waals surface area contributed by atoms with Crippen LogP contribution in [0.4, 0.5) is 0 Å². The second-order valence-electron chi connectivity index (χ2n) is 10.1. The van der Waals surface area contributed by atoms with Crippen molar-refractivity contribution in [2.45, 2.75) is 39.7 Å². The average molecular weight is 520 g/mol. The molecule has 186 valence electrons. The van der Waals surface area contributed by atoms with Crippen LogP contribution < -0.4 is 5.32 Å². The molecule has 1 N–H and O–H groups in total. The van der Waals surface area contributed by atoms with Gasteiger partial charge in [0.2, 0.25) is 0 Å². The Hall–Kier alpha value is -3.04. The van der Waals surface area contributed by atoms with E-state index in [-0.39, 0.29) is 17.9 Å². The molecule has 2 aliphatic rings. The second-order valence-corrected chi connectivity index (χ2v) is 12.2. The monoisotopic (exact) mass is 519 g/mol. The van der Waals surface area contributed by atoms with Crippen LogP contribution in [0.15, 0.2) is 41.9 Å². The number of hydrogen-bond donors (Lipinski definition) is 1. The van der Waals surface area contributed by atoms with Crippen LogP contribution in [0.25, 0.3) is 15.4 Å². The Labute approximate surface area is 218 Å². The Balaban J connectivity index is 1.28. The smallest absolute Gasteiger partial charge is 0.274 e. The van der Waals surface area contributed by atoms with E-state index in [9.17, 15) is 9.59 Å². The number of likely N-dealkylation sites (tertiary alicyclic amines) is 1. The molecule has 1 unspecified atom stereocenters. The highest BCUT2D eigenvalue weighted by atomic mass is 32.1. The first-order valence-electron chi connectivity index (χ1n) is 12.4. The Morgan fingerprint density at radius 2 is 1.94 bits per heavy atom. The van der Waals surface area contributed by atoms with Crippen LogP contribution in [0.1, 0.15) is 51.4 Å². The van der Waals surface area contributed by atoms with E-state index < -0.39 is 0 Å². The number of imidazole rings is 1. The number of benzene rings is 1. The van der Waals surface area contributed by atoms with Gasteiger partial charge in [-0.15, -0.1) is 22.7 Å². The number of fused-ring (bicyclic) bond motifs is 2. The molecule has 4 atom stereocenters. The summed E-state index contributed by atoms with van der Waals surface area (Å²) in [7, 11) is 0. The van der Waals surface area contributed by atoms with Crippen molar-refractivity contribution in [2.75, 3.05) is 13.1 Å². The number of carbonyl (C=O) groups excluding carboxylic acids is 2. The fourth-order valence-electron chi connectivity index (χ4n) is 6.18.